The first-order chi connectivity index (χ1) is 11.0. The van der Waals surface area contributed by atoms with Gasteiger partial charge in [-0.15, -0.1) is 0 Å². The van der Waals surface area contributed by atoms with Crippen LogP contribution in [0, 0.1) is 11.3 Å². The van der Waals surface area contributed by atoms with Gasteiger partial charge in [-0.2, -0.15) is 0 Å². The standard InChI is InChI=1S/C15H21NO7/c1-21-12(18)15(13(19)22-2,7-4-5-9-17)11-6-8-16(10-11)14(20)23-3/h4-5,9,11H,6-8,10H2,1-3H3/b5-4+. The van der Waals surface area contributed by atoms with Gasteiger partial charge in [0.1, 0.15) is 6.29 Å². The number of ether oxygens (including phenoxy) is 3. The van der Waals surface area contributed by atoms with Gasteiger partial charge in [-0.25, -0.2) is 4.79 Å². The summed E-state index contributed by atoms with van der Waals surface area (Å²) in [6, 6.07) is 0. The van der Waals surface area contributed by atoms with Gasteiger partial charge >= 0.3 is 18.0 Å². The average Bonchev–Trinajstić information content (AvgIpc) is 3.07. The van der Waals surface area contributed by atoms with Crippen LogP contribution in [0.4, 0.5) is 4.79 Å². The highest BCUT2D eigenvalue weighted by Gasteiger charge is 2.55. The van der Waals surface area contributed by atoms with Gasteiger partial charge < -0.3 is 19.1 Å². The Balaban J connectivity index is 3.18. The third kappa shape index (κ3) is 3.69. The first-order valence-corrected chi connectivity index (χ1v) is 7.07. The Hall–Kier alpha value is -2.38. The highest BCUT2D eigenvalue weighted by atomic mass is 16.5. The predicted octanol–water partition coefficient (Wildman–Crippen LogP) is 0.552. The van der Waals surface area contributed by atoms with Gasteiger partial charge in [-0.05, 0) is 18.9 Å². The van der Waals surface area contributed by atoms with Gasteiger partial charge in [0.25, 0.3) is 0 Å². The lowest BCUT2D eigenvalue weighted by atomic mass is 9.72. The van der Waals surface area contributed by atoms with E-state index >= 15 is 0 Å². The topological polar surface area (TPSA) is 99.2 Å². The SMILES string of the molecule is COC(=O)N1CCC(C(C/C=C/C=O)(C(=O)OC)C(=O)OC)C1. The van der Waals surface area contributed by atoms with E-state index in [9.17, 15) is 19.2 Å². The van der Waals surface area contributed by atoms with Crippen molar-refractivity contribution in [2.75, 3.05) is 34.4 Å². The largest absolute Gasteiger partial charge is 0.468 e. The zero-order chi connectivity index (χ0) is 17.5. The summed E-state index contributed by atoms with van der Waals surface area (Å²) in [5.41, 5.74) is -1.61. The van der Waals surface area contributed by atoms with Crippen molar-refractivity contribution in [3.8, 4) is 0 Å². The number of carbonyl (C=O) groups excluding carboxylic acids is 4. The van der Waals surface area contributed by atoms with Crippen molar-refractivity contribution < 1.29 is 33.4 Å². The van der Waals surface area contributed by atoms with Gasteiger partial charge in [-0.3, -0.25) is 14.4 Å². The number of esters is 2. The summed E-state index contributed by atoms with van der Waals surface area (Å²) >= 11 is 0. The Morgan fingerprint density at radius 3 is 2.22 bits per heavy atom. The number of aldehydes is 1. The molecule has 1 unspecified atom stereocenters. The van der Waals surface area contributed by atoms with Crippen LogP contribution in [0.2, 0.25) is 0 Å². The Kier molecular flexibility index (Phi) is 6.74. The molecule has 0 aromatic heterocycles. The van der Waals surface area contributed by atoms with Crippen LogP contribution < -0.4 is 0 Å². The molecule has 0 radical (unpaired) electrons. The number of allylic oxidation sites excluding steroid dienone is 2. The van der Waals surface area contributed by atoms with Crippen molar-refractivity contribution in [2.24, 2.45) is 11.3 Å². The minimum absolute atomic E-state index is 0.0508. The lowest BCUT2D eigenvalue weighted by molar-refractivity contribution is -0.173. The fraction of sp³-hybridized carbons (Fsp3) is 0.600. The summed E-state index contributed by atoms with van der Waals surface area (Å²) < 4.78 is 14.3. The fourth-order valence-corrected chi connectivity index (χ4v) is 2.88. The minimum Gasteiger partial charge on any atom is -0.468 e. The third-order valence-electron chi connectivity index (χ3n) is 4.07. The van der Waals surface area contributed by atoms with Gasteiger partial charge in [0, 0.05) is 19.0 Å². The van der Waals surface area contributed by atoms with E-state index in [0.717, 1.165) is 0 Å². The van der Waals surface area contributed by atoms with Gasteiger partial charge in [0.05, 0.1) is 21.3 Å². The minimum atomic E-state index is -1.61. The molecule has 1 saturated heterocycles. The number of amides is 1. The van der Waals surface area contributed by atoms with Gasteiger partial charge in [-0.1, -0.05) is 6.08 Å². The van der Waals surface area contributed by atoms with Gasteiger partial charge in [0.2, 0.25) is 0 Å². The Morgan fingerprint density at radius 1 is 1.13 bits per heavy atom. The molecule has 0 bridgehead atoms. The maximum atomic E-state index is 12.4. The number of methoxy groups -OCH3 is 3. The molecule has 1 atom stereocenters. The monoisotopic (exact) mass is 327 g/mol. The molecule has 23 heavy (non-hydrogen) atoms. The van der Waals surface area contributed by atoms with Crippen molar-refractivity contribution in [1.82, 2.24) is 4.90 Å². The molecule has 128 valence electrons. The second-order valence-corrected chi connectivity index (χ2v) is 5.12. The van der Waals surface area contributed by atoms with Crippen LogP contribution in [0.3, 0.4) is 0 Å². The molecule has 1 rings (SSSR count). The molecule has 0 spiro atoms. The lowest BCUT2D eigenvalue weighted by Gasteiger charge is -2.32. The number of carbonyl (C=O) groups is 4. The molecular formula is C15H21NO7. The normalized spacial score (nSPS) is 17.9. The van der Waals surface area contributed by atoms with E-state index in [1.807, 2.05) is 0 Å². The molecule has 1 heterocycles. The molecule has 0 aromatic rings. The molecule has 1 amide bonds. The highest BCUT2D eigenvalue weighted by molar-refractivity contribution is 6.00. The van der Waals surface area contributed by atoms with Crippen molar-refractivity contribution >= 4 is 24.3 Å². The molecule has 8 nitrogen and oxygen atoms in total. The number of nitrogens with zero attached hydrogens (tertiary/aromatic N) is 1. The van der Waals surface area contributed by atoms with Crippen molar-refractivity contribution in [3.63, 3.8) is 0 Å². The van der Waals surface area contributed by atoms with E-state index in [1.54, 1.807) is 0 Å². The average molecular weight is 327 g/mol. The molecular weight excluding hydrogens is 306 g/mol. The maximum absolute atomic E-state index is 12.4. The second kappa shape index (κ2) is 8.30. The quantitative estimate of drug-likeness (QED) is 0.231. The van der Waals surface area contributed by atoms with Crippen LogP contribution in [0.1, 0.15) is 12.8 Å². The fourth-order valence-electron chi connectivity index (χ4n) is 2.88. The van der Waals surface area contributed by atoms with Crippen LogP contribution in [0.15, 0.2) is 12.2 Å². The van der Waals surface area contributed by atoms with E-state index in [1.165, 1.54) is 38.4 Å². The van der Waals surface area contributed by atoms with Crippen LogP contribution in [0.25, 0.3) is 0 Å². The Labute approximate surface area is 134 Å². The highest BCUT2D eigenvalue weighted by Crippen LogP contribution is 2.41. The van der Waals surface area contributed by atoms with Gasteiger partial charge in [0.15, 0.2) is 5.41 Å². The number of hydrogen-bond donors (Lipinski definition) is 0. The lowest BCUT2D eigenvalue weighted by Crippen LogP contribution is -2.48. The first kappa shape index (κ1) is 18.7. The summed E-state index contributed by atoms with van der Waals surface area (Å²) in [5, 5.41) is 0. The van der Waals surface area contributed by atoms with E-state index in [2.05, 4.69) is 4.74 Å². The summed E-state index contributed by atoms with van der Waals surface area (Å²) in [6.07, 6.45) is 3.00. The van der Waals surface area contributed by atoms with Crippen molar-refractivity contribution in [1.29, 1.82) is 0 Å². The molecule has 1 fully saturated rings. The molecule has 1 aliphatic heterocycles. The molecule has 0 N–H and O–H groups in total. The van der Waals surface area contributed by atoms with E-state index in [4.69, 9.17) is 9.47 Å². The van der Waals surface area contributed by atoms with E-state index < -0.39 is 29.4 Å². The van der Waals surface area contributed by atoms with E-state index in [0.29, 0.717) is 19.3 Å². The number of hydrogen-bond acceptors (Lipinski definition) is 7. The zero-order valence-electron chi connectivity index (χ0n) is 13.4. The summed E-state index contributed by atoms with van der Waals surface area (Å²) in [5.74, 6) is -2.01. The second-order valence-electron chi connectivity index (χ2n) is 5.12. The van der Waals surface area contributed by atoms with Crippen molar-refractivity contribution in [3.05, 3.63) is 12.2 Å². The van der Waals surface area contributed by atoms with Crippen LogP contribution in [0.5, 0.6) is 0 Å². The van der Waals surface area contributed by atoms with Crippen LogP contribution >= 0.6 is 0 Å². The third-order valence-corrected chi connectivity index (χ3v) is 4.07. The summed E-state index contributed by atoms with van der Waals surface area (Å²) in [4.78, 5) is 48.3. The molecule has 0 aromatic carbocycles. The number of rotatable bonds is 6. The Bertz CT molecular complexity index is 484. The maximum Gasteiger partial charge on any atom is 0.409 e. The predicted molar refractivity (Wildman–Crippen MR) is 78.4 cm³/mol. The number of likely N-dealkylation sites (tertiary alicyclic amines) is 1. The smallest absolute Gasteiger partial charge is 0.409 e. The van der Waals surface area contributed by atoms with Crippen molar-refractivity contribution in [2.45, 2.75) is 12.8 Å². The summed E-state index contributed by atoms with van der Waals surface area (Å²) in [7, 11) is 3.61. The molecule has 0 saturated carbocycles. The summed E-state index contributed by atoms with van der Waals surface area (Å²) in [6.45, 7) is 0.510. The Morgan fingerprint density at radius 2 is 1.74 bits per heavy atom. The zero-order valence-corrected chi connectivity index (χ0v) is 13.4. The molecule has 0 aliphatic carbocycles. The molecule has 8 heteroatoms. The molecule has 1 aliphatic rings. The first-order valence-electron chi connectivity index (χ1n) is 7.07. The van der Waals surface area contributed by atoms with Crippen LogP contribution in [-0.2, 0) is 28.6 Å². The van der Waals surface area contributed by atoms with E-state index in [-0.39, 0.29) is 13.0 Å². The van der Waals surface area contributed by atoms with Crippen LogP contribution in [-0.4, -0.2) is 63.6 Å².